The summed E-state index contributed by atoms with van der Waals surface area (Å²) in [4.78, 5) is 13.3. The van der Waals surface area contributed by atoms with Crippen molar-refractivity contribution in [2.45, 2.75) is 44.9 Å². The van der Waals surface area contributed by atoms with Crippen LogP contribution in [0.3, 0.4) is 0 Å². The number of rotatable bonds is 5. The van der Waals surface area contributed by atoms with E-state index in [2.05, 4.69) is 5.32 Å². The number of nitrogens with one attached hydrogen (secondary N) is 1. The molecule has 2 aromatic carbocycles. The summed E-state index contributed by atoms with van der Waals surface area (Å²) >= 11 is 0. The molecular formula is C22H28N2O4S. The molecule has 7 heteroatoms. The van der Waals surface area contributed by atoms with E-state index in [1.165, 1.54) is 7.05 Å². The van der Waals surface area contributed by atoms with Gasteiger partial charge in [0.25, 0.3) is 0 Å². The van der Waals surface area contributed by atoms with Gasteiger partial charge in [0, 0.05) is 19.0 Å². The fourth-order valence-corrected chi connectivity index (χ4v) is 4.29. The number of hydrogen-bond donors (Lipinski definition) is 1. The van der Waals surface area contributed by atoms with Crippen LogP contribution in [0.4, 0.5) is 0 Å². The van der Waals surface area contributed by atoms with Crippen LogP contribution < -0.4 is 10.1 Å². The smallest absolute Gasteiger partial charge is 0.243 e. The first-order chi connectivity index (χ1) is 13.5. The molecule has 2 aromatic rings. The van der Waals surface area contributed by atoms with Crippen molar-refractivity contribution in [3.05, 3.63) is 65.2 Å². The lowest BCUT2D eigenvalue weighted by atomic mass is 9.89. The summed E-state index contributed by atoms with van der Waals surface area (Å²) < 4.78 is 31.6. The number of carbonyl (C=O) groups is 1. The van der Waals surface area contributed by atoms with E-state index >= 15 is 0 Å². The minimum atomic E-state index is -3.58. The zero-order chi connectivity index (χ0) is 21.4. The van der Waals surface area contributed by atoms with E-state index in [1.54, 1.807) is 24.3 Å². The number of benzene rings is 2. The molecule has 0 aliphatic carbocycles. The monoisotopic (exact) mass is 416 g/mol. The lowest BCUT2D eigenvalue weighted by molar-refractivity contribution is -0.126. The second kappa shape index (κ2) is 7.80. The van der Waals surface area contributed by atoms with E-state index in [4.69, 9.17) is 4.74 Å². The van der Waals surface area contributed by atoms with Gasteiger partial charge in [-0.15, -0.1) is 0 Å². The first-order valence-corrected chi connectivity index (χ1v) is 11.4. The van der Waals surface area contributed by atoms with Crippen molar-refractivity contribution in [1.82, 2.24) is 9.62 Å². The van der Waals surface area contributed by atoms with E-state index in [9.17, 15) is 13.2 Å². The quantitative estimate of drug-likeness (QED) is 0.811. The third kappa shape index (κ3) is 4.79. The summed E-state index contributed by atoms with van der Waals surface area (Å²) in [5.74, 6) is 0.387. The molecule has 1 aliphatic rings. The number of ether oxygens (including phenoxy) is 1. The Morgan fingerprint density at radius 1 is 1.21 bits per heavy atom. The SMILES string of the molecule is Cc1ccc2c(c1)OC(C)(C)C[C@H]2NC(=O)[C@@H](c1ccccc1)N(C)S(C)(=O)=O. The second-order valence-electron chi connectivity index (χ2n) is 8.26. The molecule has 3 rings (SSSR count). The summed E-state index contributed by atoms with van der Waals surface area (Å²) in [5, 5.41) is 3.08. The number of sulfonamides is 1. The maximum absolute atomic E-state index is 13.3. The lowest BCUT2D eigenvalue weighted by Crippen LogP contribution is -2.46. The number of fused-ring (bicyclic) bond motifs is 1. The molecule has 0 saturated heterocycles. The van der Waals surface area contributed by atoms with E-state index < -0.39 is 21.7 Å². The van der Waals surface area contributed by atoms with E-state index in [1.807, 2.05) is 45.0 Å². The maximum atomic E-state index is 13.3. The summed E-state index contributed by atoms with van der Waals surface area (Å²) in [5.41, 5.74) is 2.14. The number of nitrogens with zero attached hydrogens (tertiary/aromatic N) is 1. The number of aryl methyl sites for hydroxylation is 1. The summed E-state index contributed by atoms with van der Waals surface area (Å²) in [6.07, 6.45) is 1.69. The Morgan fingerprint density at radius 3 is 2.48 bits per heavy atom. The van der Waals surface area contributed by atoms with Crippen molar-refractivity contribution in [3.63, 3.8) is 0 Å². The molecule has 1 heterocycles. The topological polar surface area (TPSA) is 75.7 Å². The minimum absolute atomic E-state index is 0.277. The molecule has 0 aromatic heterocycles. The highest BCUT2D eigenvalue weighted by atomic mass is 32.2. The Bertz CT molecular complexity index is 1000. The molecule has 0 saturated carbocycles. The van der Waals surface area contributed by atoms with E-state index in [-0.39, 0.29) is 11.9 Å². The normalized spacial score (nSPS) is 19.2. The van der Waals surface area contributed by atoms with Crippen LogP contribution in [-0.2, 0) is 14.8 Å². The molecule has 0 spiro atoms. The highest BCUT2D eigenvalue weighted by Gasteiger charge is 2.37. The van der Waals surface area contributed by atoms with Gasteiger partial charge in [0.1, 0.15) is 17.4 Å². The van der Waals surface area contributed by atoms with Gasteiger partial charge in [0.15, 0.2) is 0 Å². The molecule has 0 fully saturated rings. The van der Waals surface area contributed by atoms with Crippen molar-refractivity contribution in [2.75, 3.05) is 13.3 Å². The van der Waals surface area contributed by atoms with Crippen molar-refractivity contribution in [3.8, 4) is 5.75 Å². The maximum Gasteiger partial charge on any atom is 0.243 e. The first-order valence-electron chi connectivity index (χ1n) is 9.56. The number of amides is 1. The zero-order valence-electron chi connectivity index (χ0n) is 17.5. The average Bonchev–Trinajstić information content (AvgIpc) is 2.60. The average molecular weight is 417 g/mol. The minimum Gasteiger partial charge on any atom is -0.487 e. The predicted molar refractivity (Wildman–Crippen MR) is 113 cm³/mol. The van der Waals surface area contributed by atoms with Crippen LogP contribution in [0.25, 0.3) is 0 Å². The number of carbonyl (C=O) groups excluding carboxylic acids is 1. The van der Waals surface area contributed by atoms with Crippen molar-refractivity contribution >= 4 is 15.9 Å². The van der Waals surface area contributed by atoms with Crippen LogP contribution in [0.2, 0.25) is 0 Å². The molecule has 156 valence electrons. The second-order valence-corrected chi connectivity index (χ2v) is 10.3. The van der Waals surface area contributed by atoms with Gasteiger partial charge in [0.05, 0.1) is 12.3 Å². The van der Waals surface area contributed by atoms with Gasteiger partial charge in [-0.3, -0.25) is 4.79 Å². The molecule has 0 unspecified atom stereocenters. The molecule has 0 bridgehead atoms. The third-order valence-electron chi connectivity index (χ3n) is 5.19. The third-order valence-corrected chi connectivity index (χ3v) is 6.45. The van der Waals surface area contributed by atoms with Crippen molar-refractivity contribution in [1.29, 1.82) is 0 Å². The largest absolute Gasteiger partial charge is 0.487 e. The molecule has 1 amide bonds. The molecule has 1 N–H and O–H groups in total. The van der Waals surface area contributed by atoms with Crippen LogP contribution in [0.15, 0.2) is 48.5 Å². The first kappa shape index (κ1) is 21.3. The highest BCUT2D eigenvalue weighted by Crippen LogP contribution is 2.40. The molecule has 1 aliphatic heterocycles. The van der Waals surface area contributed by atoms with Crippen LogP contribution in [0, 0.1) is 6.92 Å². The van der Waals surface area contributed by atoms with Crippen LogP contribution in [0.5, 0.6) is 5.75 Å². The van der Waals surface area contributed by atoms with Gasteiger partial charge < -0.3 is 10.1 Å². The standard InChI is InChI=1S/C22H28N2O4S/c1-15-11-12-17-18(14-22(2,3)28-19(17)13-15)23-21(25)20(24(4)29(5,26)27)16-9-7-6-8-10-16/h6-13,18,20H,14H2,1-5H3,(H,23,25)/t18-,20-/m1/s1. The Kier molecular flexibility index (Phi) is 5.74. The van der Waals surface area contributed by atoms with Gasteiger partial charge >= 0.3 is 0 Å². The predicted octanol–water partition coefficient (Wildman–Crippen LogP) is 3.35. The number of hydrogen-bond acceptors (Lipinski definition) is 4. The van der Waals surface area contributed by atoms with Gasteiger partial charge in [-0.2, -0.15) is 4.31 Å². The lowest BCUT2D eigenvalue weighted by Gasteiger charge is -2.39. The molecular weight excluding hydrogens is 388 g/mol. The Hall–Kier alpha value is -2.38. The highest BCUT2D eigenvalue weighted by molar-refractivity contribution is 7.88. The van der Waals surface area contributed by atoms with Crippen LogP contribution in [-0.4, -0.2) is 37.5 Å². The molecule has 2 atom stereocenters. The summed E-state index contributed by atoms with van der Waals surface area (Å²) in [6, 6.07) is 13.6. The van der Waals surface area contributed by atoms with Crippen LogP contribution >= 0.6 is 0 Å². The Labute approximate surface area is 172 Å². The van der Waals surface area contributed by atoms with Gasteiger partial charge in [-0.25, -0.2) is 8.42 Å². The summed E-state index contributed by atoms with van der Waals surface area (Å²) in [6.45, 7) is 5.95. The fraction of sp³-hybridized carbons (Fsp3) is 0.409. The number of likely N-dealkylation sites (N-methyl/N-ethyl adjacent to an activating group) is 1. The Morgan fingerprint density at radius 2 is 1.86 bits per heavy atom. The molecule has 29 heavy (non-hydrogen) atoms. The molecule has 6 nitrogen and oxygen atoms in total. The van der Waals surface area contributed by atoms with Crippen molar-refractivity contribution < 1.29 is 17.9 Å². The van der Waals surface area contributed by atoms with Crippen molar-refractivity contribution in [2.24, 2.45) is 0 Å². The van der Waals surface area contributed by atoms with Gasteiger partial charge in [-0.05, 0) is 38.0 Å². The van der Waals surface area contributed by atoms with Gasteiger partial charge in [0.2, 0.25) is 15.9 Å². The van der Waals surface area contributed by atoms with E-state index in [0.717, 1.165) is 27.4 Å². The van der Waals surface area contributed by atoms with E-state index in [0.29, 0.717) is 12.0 Å². The zero-order valence-corrected chi connectivity index (χ0v) is 18.3. The fourth-order valence-electron chi connectivity index (χ4n) is 3.69. The molecule has 0 radical (unpaired) electrons. The van der Waals surface area contributed by atoms with Crippen LogP contribution in [0.1, 0.15) is 49.0 Å². The Balaban J connectivity index is 1.96. The summed E-state index contributed by atoms with van der Waals surface area (Å²) in [7, 11) is -2.15. The van der Waals surface area contributed by atoms with Gasteiger partial charge in [-0.1, -0.05) is 42.5 Å².